The SMILES string of the molecule is CSCCn1c(=NC(=O)C2CCN(S(=O)(=O)c3ccc(F)cc3)CC2)sc2cc(C)c(C)cc21. The van der Waals surface area contributed by atoms with Gasteiger partial charge in [0.05, 0.1) is 15.1 Å². The zero-order valence-electron chi connectivity index (χ0n) is 19.5. The summed E-state index contributed by atoms with van der Waals surface area (Å²) in [5.74, 6) is -0.0787. The Morgan fingerprint density at radius 1 is 1.15 bits per heavy atom. The Kier molecular flexibility index (Phi) is 7.61. The van der Waals surface area contributed by atoms with E-state index in [2.05, 4.69) is 41.8 Å². The molecule has 0 radical (unpaired) electrons. The van der Waals surface area contributed by atoms with Gasteiger partial charge in [0.1, 0.15) is 5.82 Å². The fourth-order valence-electron chi connectivity index (χ4n) is 4.09. The summed E-state index contributed by atoms with van der Waals surface area (Å²) in [6.45, 7) is 5.41. The summed E-state index contributed by atoms with van der Waals surface area (Å²) < 4.78 is 43.5. The van der Waals surface area contributed by atoms with Crippen LogP contribution in [0.1, 0.15) is 24.0 Å². The van der Waals surface area contributed by atoms with Crippen molar-refractivity contribution >= 4 is 49.2 Å². The number of aryl methyl sites for hydroxylation is 3. The number of fused-ring (bicyclic) bond motifs is 1. The highest BCUT2D eigenvalue weighted by Crippen LogP contribution is 2.26. The average molecular weight is 522 g/mol. The van der Waals surface area contributed by atoms with Crippen molar-refractivity contribution in [3.8, 4) is 0 Å². The van der Waals surface area contributed by atoms with Gasteiger partial charge in [0.15, 0.2) is 4.80 Å². The van der Waals surface area contributed by atoms with Crippen LogP contribution in [-0.4, -0.2) is 48.3 Å². The lowest BCUT2D eigenvalue weighted by Crippen LogP contribution is -2.40. The molecule has 2 heterocycles. The molecule has 2 aromatic carbocycles. The second kappa shape index (κ2) is 10.3. The summed E-state index contributed by atoms with van der Waals surface area (Å²) in [7, 11) is -3.71. The van der Waals surface area contributed by atoms with Crippen LogP contribution >= 0.6 is 23.1 Å². The maximum absolute atomic E-state index is 13.2. The van der Waals surface area contributed by atoms with E-state index in [4.69, 9.17) is 0 Å². The molecule has 0 atom stereocenters. The third-order valence-electron chi connectivity index (χ3n) is 6.28. The molecule has 10 heteroatoms. The van der Waals surface area contributed by atoms with Gasteiger partial charge in [0.2, 0.25) is 10.0 Å². The Bertz CT molecular complexity index is 1370. The van der Waals surface area contributed by atoms with E-state index in [1.54, 1.807) is 11.8 Å². The molecule has 0 bridgehead atoms. The molecule has 1 amide bonds. The molecule has 1 aliphatic rings. The normalized spacial score (nSPS) is 16.4. The van der Waals surface area contributed by atoms with E-state index in [1.165, 1.54) is 38.9 Å². The third kappa shape index (κ3) is 5.15. The van der Waals surface area contributed by atoms with Crippen molar-refractivity contribution in [3.05, 3.63) is 58.1 Å². The number of aromatic nitrogens is 1. The summed E-state index contributed by atoms with van der Waals surface area (Å²) >= 11 is 3.27. The number of benzene rings is 2. The Balaban J connectivity index is 1.54. The van der Waals surface area contributed by atoms with Crippen LogP contribution in [0.4, 0.5) is 4.39 Å². The lowest BCUT2D eigenvalue weighted by Gasteiger charge is -2.29. The van der Waals surface area contributed by atoms with Crippen LogP contribution in [0.5, 0.6) is 0 Å². The van der Waals surface area contributed by atoms with Crippen molar-refractivity contribution in [2.24, 2.45) is 10.9 Å². The number of amides is 1. The van der Waals surface area contributed by atoms with Crippen molar-refractivity contribution in [2.75, 3.05) is 25.1 Å². The summed E-state index contributed by atoms with van der Waals surface area (Å²) in [5.41, 5.74) is 3.50. The van der Waals surface area contributed by atoms with Crippen molar-refractivity contribution in [2.45, 2.75) is 38.1 Å². The molecule has 1 aliphatic heterocycles. The summed E-state index contributed by atoms with van der Waals surface area (Å²) in [6, 6.07) is 9.13. The number of rotatable bonds is 6. The minimum atomic E-state index is -3.71. The smallest absolute Gasteiger partial charge is 0.251 e. The fraction of sp³-hybridized carbons (Fsp3) is 0.417. The van der Waals surface area contributed by atoms with E-state index in [0.717, 1.165) is 34.6 Å². The van der Waals surface area contributed by atoms with Crippen LogP contribution < -0.4 is 4.80 Å². The highest BCUT2D eigenvalue weighted by atomic mass is 32.2. The lowest BCUT2D eigenvalue weighted by atomic mass is 9.98. The Morgan fingerprint density at radius 2 is 1.79 bits per heavy atom. The van der Waals surface area contributed by atoms with E-state index in [9.17, 15) is 17.6 Å². The molecule has 0 unspecified atom stereocenters. The minimum absolute atomic E-state index is 0.0639. The molecular weight excluding hydrogens is 493 g/mol. The first-order valence-corrected chi connectivity index (χ1v) is 14.8. The number of carbonyl (C=O) groups excluding carboxylic acids is 1. The molecular formula is C24H28FN3O3S3. The lowest BCUT2D eigenvalue weighted by molar-refractivity contribution is -0.122. The van der Waals surface area contributed by atoms with E-state index < -0.39 is 15.8 Å². The molecule has 1 fully saturated rings. The zero-order valence-corrected chi connectivity index (χ0v) is 21.9. The molecule has 1 saturated heterocycles. The molecule has 0 aliphatic carbocycles. The topological polar surface area (TPSA) is 71.7 Å². The second-order valence-corrected chi connectivity index (χ2v) is 12.4. The molecule has 0 spiro atoms. The van der Waals surface area contributed by atoms with Crippen molar-refractivity contribution < 1.29 is 17.6 Å². The van der Waals surface area contributed by atoms with Gasteiger partial charge in [-0.2, -0.15) is 21.1 Å². The largest absolute Gasteiger partial charge is 0.316 e. The highest BCUT2D eigenvalue weighted by Gasteiger charge is 2.32. The number of carbonyl (C=O) groups is 1. The monoisotopic (exact) mass is 521 g/mol. The van der Waals surface area contributed by atoms with Crippen LogP contribution in [0.3, 0.4) is 0 Å². The van der Waals surface area contributed by atoms with Gasteiger partial charge in [-0.1, -0.05) is 11.3 Å². The van der Waals surface area contributed by atoms with Crippen LogP contribution in [0.15, 0.2) is 46.3 Å². The number of thioether (sulfide) groups is 1. The van der Waals surface area contributed by atoms with E-state index in [0.29, 0.717) is 17.6 Å². The molecule has 182 valence electrons. The maximum atomic E-state index is 13.2. The minimum Gasteiger partial charge on any atom is -0.316 e. The van der Waals surface area contributed by atoms with Crippen LogP contribution in [0, 0.1) is 25.6 Å². The molecule has 1 aromatic heterocycles. The van der Waals surface area contributed by atoms with Crippen LogP contribution in [-0.2, 0) is 21.4 Å². The quantitative estimate of drug-likeness (QED) is 0.484. The van der Waals surface area contributed by atoms with Gasteiger partial charge >= 0.3 is 0 Å². The van der Waals surface area contributed by atoms with E-state index >= 15 is 0 Å². The van der Waals surface area contributed by atoms with Gasteiger partial charge in [0.25, 0.3) is 5.91 Å². The van der Waals surface area contributed by atoms with Crippen molar-refractivity contribution in [1.82, 2.24) is 8.87 Å². The first kappa shape index (κ1) is 25.1. The molecule has 6 nitrogen and oxygen atoms in total. The van der Waals surface area contributed by atoms with Gasteiger partial charge < -0.3 is 4.57 Å². The Labute approximate surface area is 207 Å². The molecule has 34 heavy (non-hydrogen) atoms. The molecule has 0 saturated carbocycles. The van der Waals surface area contributed by atoms with Gasteiger partial charge in [-0.15, -0.1) is 0 Å². The Hall–Kier alpha value is -2.01. The maximum Gasteiger partial charge on any atom is 0.251 e. The van der Waals surface area contributed by atoms with Crippen LogP contribution in [0.2, 0.25) is 0 Å². The standard InChI is InChI=1S/C24H28FN3O3S3/c1-16-14-21-22(15-17(16)2)33-24(28(21)12-13-32-3)26-23(29)18-8-10-27(11-9-18)34(30,31)20-6-4-19(25)5-7-20/h4-7,14-15,18H,8-13H2,1-3H3. The van der Waals surface area contributed by atoms with Crippen molar-refractivity contribution in [1.29, 1.82) is 0 Å². The van der Waals surface area contributed by atoms with Gasteiger partial charge in [0, 0.05) is 31.3 Å². The summed E-state index contributed by atoms with van der Waals surface area (Å²) in [6.07, 6.45) is 2.88. The van der Waals surface area contributed by atoms with Gasteiger partial charge in [-0.3, -0.25) is 4.79 Å². The Morgan fingerprint density at radius 3 is 2.44 bits per heavy atom. The van der Waals surface area contributed by atoms with E-state index in [-0.39, 0.29) is 29.8 Å². The molecule has 0 N–H and O–H groups in total. The predicted octanol–water partition coefficient (Wildman–Crippen LogP) is 4.35. The van der Waals surface area contributed by atoms with Crippen LogP contribution in [0.25, 0.3) is 10.2 Å². The number of hydrogen-bond acceptors (Lipinski definition) is 5. The fourth-order valence-corrected chi connectivity index (χ4v) is 7.07. The number of hydrogen-bond donors (Lipinski definition) is 0. The number of thiazole rings is 1. The molecule has 4 rings (SSSR count). The third-order valence-corrected chi connectivity index (χ3v) is 9.82. The summed E-state index contributed by atoms with van der Waals surface area (Å²) in [5, 5.41) is 0. The number of nitrogens with zero attached hydrogens (tertiary/aromatic N) is 3. The van der Waals surface area contributed by atoms with Gasteiger partial charge in [-0.25, -0.2) is 12.8 Å². The zero-order chi connectivity index (χ0) is 24.5. The number of piperidine rings is 1. The van der Waals surface area contributed by atoms with E-state index in [1.807, 2.05) is 0 Å². The van der Waals surface area contributed by atoms with Crippen molar-refractivity contribution in [3.63, 3.8) is 0 Å². The predicted molar refractivity (Wildman–Crippen MR) is 136 cm³/mol. The first-order chi connectivity index (χ1) is 16.2. The number of sulfonamides is 1. The molecule has 3 aromatic rings. The first-order valence-electron chi connectivity index (χ1n) is 11.1. The number of halogens is 1. The average Bonchev–Trinajstić information content (AvgIpc) is 3.13. The van der Waals surface area contributed by atoms with Gasteiger partial charge in [-0.05, 0) is 80.5 Å². The summed E-state index contributed by atoms with van der Waals surface area (Å²) in [4.78, 5) is 18.3. The second-order valence-electron chi connectivity index (χ2n) is 8.52. The highest BCUT2D eigenvalue weighted by molar-refractivity contribution is 7.98.